The van der Waals surface area contributed by atoms with Crippen LogP contribution in [0.3, 0.4) is 0 Å². The summed E-state index contributed by atoms with van der Waals surface area (Å²) in [6.07, 6.45) is 0. The first-order chi connectivity index (χ1) is 31.2. The molecule has 0 spiro atoms. The highest BCUT2D eigenvalue weighted by atomic mass is 32.1. The molecular weight excluding hydrogens is 789 g/mol. The second-order valence-electron chi connectivity index (χ2n) is 15.9. The van der Waals surface area contributed by atoms with E-state index in [0.717, 1.165) is 66.4 Å². The van der Waals surface area contributed by atoms with Crippen molar-refractivity contribution in [3.05, 3.63) is 206 Å². The van der Waals surface area contributed by atoms with Gasteiger partial charge in [0.15, 0.2) is 17.5 Å². The molecule has 0 amide bonds. The van der Waals surface area contributed by atoms with Gasteiger partial charge in [0.1, 0.15) is 11.2 Å². The Morgan fingerprint density at radius 2 is 0.984 bits per heavy atom. The smallest absolute Gasteiger partial charge is 0.164 e. The first-order valence-corrected chi connectivity index (χ1v) is 21.9. The number of thiophene rings is 1. The maximum Gasteiger partial charge on any atom is 0.164 e. The van der Waals surface area contributed by atoms with Gasteiger partial charge in [-0.15, -0.1) is 11.3 Å². The molecule has 0 aliphatic carbocycles. The zero-order chi connectivity index (χ0) is 41.4. The number of furan rings is 1. The average molecular weight is 823 g/mol. The highest BCUT2D eigenvalue weighted by Gasteiger charge is 2.20. The highest BCUT2D eigenvalue weighted by molar-refractivity contribution is 7.26. The average Bonchev–Trinajstić information content (AvgIpc) is 4.03. The molecule has 13 aromatic rings. The van der Waals surface area contributed by atoms with Gasteiger partial charge in [0.25, 0.3) is 0 Å². The standard InChI is InChI=1S/C57H34N4OS/c1-4-14-35(15-5-1)41-21-12-22-44-43-29-26-39(34-50(43)62-54(41)44)56-58-55(36-16-6-2-7-17-36)59-57(60-56)45-23-13-25-52-53(45)47-33-38(28-31-51(47)63-52)37-27-30-49-46(32-37)42-20-10-11-24-48(42)61(49)40-18-8-3-9-19-40/h1-34H. The van der Waals surface area contributed by atoms with E-state index >= 15 is 0 Å². The van der Waals surface area contributed by atoms with Crippen molar-refractivity contribution in [2.24, 2.45) is 0 Å². The minimum atomic E-state index is 0.588. The molecule has 0 N–H and O–H groups in total. The summed E-state index contributed by atoms with van der Waals surface area (Å²) in [6, 6.07) is 72.7. The maximum atomic E-state index is 6.67. The Morgan fingerprint density at radius 1 is 0.365 bits per heavy atom. The van der Waals surface area contributed by atoms with Gasteiger partial charge >= 0.3 is 0 Å². The van der Waals surface area contributed by atoms with E-state index in [-0.39, 0.29) is 0 Å². The van der Waals surface area contributed by atoms with Gasteiger partial charge in [-0.25, -0.2) is 15.0 Å². The second kappa shape index (κ2) is 14.2. The van der Waals surface area contributed by atoms with Crippen molar-refractivity contribution in [2.75, 3.05) is 0 Å². The van der Waals surface area contributed by atoms with E-state index in [1.807, 2.05) is 24.3 Å². The molecule has 0 aliphatic heterocycles. The van der Waals surface area contributed by atoms with Crippen LogP contribution in [0.4, 0.5) is 0 Å². The Balaban J connectivity index is 0.968. The van der Waals surface area contributed by atoms with E-state index < -0.39 is 0 Å². The van der Waals surface area contributed by atoms with Crippen LogP contribution in [0.25, 0.3) is 126 Å². The summed E-state index contributed by atoms with van der Waals surface area (Å²) in [7, 11) is 0. The van der Waals surface area contributed by atoms with E-state index in [9.17, 15) is 0 Å². The molecule has 0 aliphatic rings. The lowest BCUT2D eigenvalue weighted by atomic mass is 9.99. The van der Waals surface area contributed by atoms with Crippen molar-refractivity contribution in [3.8, 4) is 62.1 Å². The summed E-state index contributed by atoms with van der Waals surface area (Å²) in [5.74, 6) is 1.83. The zero-order valence-electron chi connectivity index (χ0n) is 33.7. The van der Waals surface area contributed by atoms with Crippen molar-refractivity contribution >= 4 is 75.3 Å². The molecule has 63 heavy (non-hydrogen) atoms. The van der Waals surface area contributed by atoms with Crippen LogP contribution in [0.2, 0.25) is 0 Å². The van der Waals surface area contributed by atoms with Gasteiger partial charge < -0.3 is 8.98 Å². The van der Waals surface area contributed by atoms with Crippen LogP contribution in [-0.2, 0) is 0 Å². The summed E-state index contributed by atoms with van der Waals surface area (Å²) >= 11 is 1.80. The van der Waals surface area contributed by atoms with Gasteiger partial charge in [-0.05, 0) is 77.4 Å². The first kappa shape index (κ1) is 35.6. The maximum absolute atomic E-state index is 6.67. The number of hydrogen-bond acceptors (Lipinski definition) is 5. The molecule has 13 rings (SSSR count). The Labute approximate surface area is 365 Å². The van der Waals surface area contributed by atoms with Crippen molar-refractivity contribution in [2.45, 2.75) is 0 Å². The molecule has 4 heterocycles. The molecule has 4 aromatic heterocycles. The highest BCUT2D eigenvalue weighted by Crippen LogP contribution is 2.43. The van der Waals surface area contributed by atoms with E-state index in [1.54, 1.807) is 11.3 Å². The number of para-hydroxylation sites is 3. The van der Waals surface area contributed by atoms with Crippen LogP contribution in [-0.4, -0.2) is 19.5 Å². The van der Waals surface area contributed by atoms with Crippen LogP contribution in [0, 0.1) is 0 Å². The van der Waals surface area contributed by atoms with E-state index in [1.165, 1.54) is 42.2 Å². The molecule has 5 nitrogen and oxygen atoms in total. The topological polar surface area (TPSA) is 56.7 Å². The molecule has 0 saturated heterocycles. The van der Waals surface area contributed by atoms with Crippen molar-refractivity contribution < 1.29 is 4.42 Å². The largest absolute Gasteiger partial charge is 0.455 e. The predicted molar refractivity (Wildman–Crippen MR) is 262 cm³/mol. The van der Waals surface area contributed by atoms with Crippen LogP contribution < -0.4 is 0 Å². The van der Waals surface area contributed by atoms with Gasteiger partial charge in [0.2, 0.25) is 0 Å². The lowest BCUT2D eigenvalue weighted by Crippen LogP contribution is -2.00. The molecule has 0 radical (unpaired) electrons. The second-order valence-corrected chi connectivity index (χ2v) is 17.0. The summed E-state index contributed by atoms with van der Waals surface area (Å²) in [6.45, 7) is 0. The molecule has 0 bridgehead atoms. The number of rotatable bonds is 6. The van der Waals surface area contributed by atoms with Crippen molar-refractivity contribution in [1.29, 1.82) is 0 Å². The van der Waals surface area contributed by atoms with Gasteiger partial charge in [-0.1, -0.05) is 146 Å². The van der Waals surface area contributed by atoms with Gasteiger partial charge in [0.05, 0.1) is 11.0 Å². The minimum absolute atomic E-state index is 0.588. The van der Waals surface area contributed by atoms with Crippen LogP contribution >= 0.6 is 11.3 Å². The Bertz CT molecular complexity index is 3910. The van der Waals surface area contributed by atoms with Crippen molar-refractivity contribution in [3.63, 3.8) is 0 Å². The molecule has 0 saturated carbocycles. The minimum Gasteiger partial charge on any atom is -0.455 e. The third-order valence-electron chi connectivity index (χ3n) is 12.3. The van der Waals surface area contributed by atoms with E-state index in [0.29, 0.717) is 17.5 Å². The molecule has 9 aromatic carbocycles. The van der Waals surface area contributed by atoms with Crippen molar-refractivity contribution in [1.82, 2.24) is 19.5 Å². The summed E-state index contributed by atoms with van der Waals surface area (Å²) in [5.41, 5.74) is 12.5. The molecule has 294 valence electrons. The quantitative estimate of drug-likeness (QED) is 0.168. The van der Waals surface area contributed by atoms with Gasteiger partial charge in [-0.2, -0.15) is 0 Å². The van der Waals surface area contributed by atoms with Crippen LogP contribution in [0.1, 0.15) is 0 Å². The summed E-state index contributed by atoms with van der Waals surface area (Å²) in [4.78, 5) is 15.6. The zero-order valence-corrected chi connectivity index (χ0v) is 34.6. The molecule has 0 unspecified atom stereocenters. The SMILES string of the molecule is c1ccc(-c2nc(-c3ccc4c(c3)oc3c(-c5ccccc5)cccc34)nc(-c3cccc4sc5ccc(-c6ccc7c(c6)c6ccccc6n7-c6ccccc6)cc5c34)n2)cc1. The van der Waals surface area contributed by atoms with Gasteiger partial charge in [0, 0.05) is 69.7 Å². The van der Waals surface area contributed by atoms with E-state index in [2.05, 4.69) is 187 Å². The number of fused-ring (bicyclic) bond motifs is 9. The normalized spacial score (nSPS) is 11.8. The third kappa shape index (κ3) is 5.80. The molecule has 0 fully saturated rings. The third-order valence-corrected chi connectivity index (χ3v) is 13.4. The number of nitrogens with zero attached hydrogens (tertiary/aromatic N) is 4. The molecule has 0 atom stereocenters. The number of hydrogen-bond donors (Lipinski definition) is 0. The van der Waals surface area contributed by atoms with Crippen LogP contribution in [0.5, 0.6) is 0 Å². The molecular formula is C57H34N4OS. The predicted octanol–water partition coefficient (Wildman–Crippen LogP) is 15.6. The lowest BCUT2D eigenvalue weighted by Gasteiger charge is -2.10. The number of aromatic nitrogens is 4. The lowest BCUT2D eigenvalue weighted by molar-refractivity contribution is 0.670. The summed E-state index contributed by atoms with van der Waals surface area (Å²) < 4.78 is 11.4. The monoisotopic (exact) mass is 822 g/mol. The fourth-order valence-corrected chi connectivity index (χ4v) is 10.4. The van der Waals surface area contributed by atoms with Gasteiger partial charge in [-0.3, -0.25) is 0 Å². The Morgan fingerprint density at radius 3 is 1.81 bits per heavy atom. The Kier molecular flexibility index (Phi) is 8.01. The summed E-state index contributed by atoms with van der Waals surface area (Å²) in [5, 5.41) is 6.91. The first-order valence-electron chi connectivity index (χ1n) is 21.1. The Hall–Kier alpha value is -8.19. The van der Waals surface area contributed by atoms with Crippen LogP contribution in [0.15, 0.2) is 211 Å². The van der Waals surface area contributed by atoms with E-state index in [4.69, 9.17) is 19.4 Å². The fraction of sp³-hybridized carbons (Fsp3) is 0. The fourth-order valence-electron chi connectivity index (χ4n) is 9.32. The molecule has 6 heteroatoms. The number of benzene rings is 9.